The number of fused-ring (bicyclic) bond motifs is 1. The van der Waals surface area contributed by atoms with Crippen molar-refractivity contribution in [3.63, 3.8) is 0 Å². The molecule has 0 aliphatic carbocycles. The molecule has 2 nitrogen and oxygen atoms in total. The highest BCUT2D eigenvalue weighted by Crippen LogP contribution is 2.19. The number of hydrogen-bond donors (Lipinski definition) is 1. The SMILES string of the molecule is Cc1cc(CNC(CCCl)C(C)C)c2ccccc2n1. The summed E-state index contributed by atoms with van der Waals surface area (Å²) in [6.45, 7) is 7.39. The molecule has 0 aliphatic rings. The van der Waals surface area contributed by atoms with E-state index >= 15 is 0 Å². The number of nitrogens with zero attached hydrogens (tertiary/aromatic N) is 1. The van der Waals surface area contributed by atoms with Crippen molar-refractivity contribution in [2.75, 3.05) is 5.88 Å². The summed E-state index contributed by atoms with van der Waals surface area (Å²) < 4.78 is 0. The van der Waals surface area contributed by atoms with Crippen LogP contribution in [0.1, 0.15) is 31.5 Å². The summed E-state index contributed by atoms with van der Waals surface area (Å²) in [6, 6.07) is 11.0. The third kappa shape index (κ3) is 3.71. The number of rotatable bonds is 6. The minimum absolute atomic E-state index is 0.458. The van der Waals surface area contributed by atoms with Gasteiger partial charge >= 0.3 is 0 Å². The summed E-state index contributed by atoms with van der Waals surface area (Å²) >= 11 is 5.89. The van der Waals surface area contributed by atoms with Crippen molar-refractivity contribution >= 4 is 22.5 Å². The third-order valence-electron chi connectivity index (χ3n) is 3.71. The minimum Gasteiger partial charge on any atom is -0.310 e. The van der Waals surface area contributed by atoms with E-state index in [0.29, 0.717) is 17.8 Å². The van der Waals surface area contributed by atoms with Gasteiger partial charge in [-0.3, -0.25) is 4.98 Å². The first kappa shape index (κ1) is 15.3. The van der Waals surface area contributed by atoms with Gasteiger partial charge in [-0.15, -0.1) is 11.6 Å². The molecule has 1 N–H and O–H groups in total. The van der Waals surface area contributed by atoms with Crippen LogP contribution < -0.4 is 5.32 Å². The van der Waals surface area contributed by atoms with Gasteiger partial charge in [0, 0.05) is 29.5 Å². The van der Waals surface area contributed by atoms with Gasteiger partial charge in [-0.05, 0) is 37.0 Å². The Hall–Kier alpha value is -1.12. The summed E-state index contributed by atoms with van der Waals surface area (Å²) in [5.41, 5.74) is 3.45. The lowest BCUT2D eigenvalue weighted by Crippen LogP contribution is -2.33. The van der Waals surface area contributed by atoms with Crippen molar-refractivity contribution in [3.8, 4) is 0 Å². The van der Waals surface area contributed by atoms with Crippen LogP contribution in [0.2, 0.25) is 0 Å². The number of benzene rings is 1. The minimum atomic E-state index is 0.458. The quantitative estimate of drug-likeness (QED) is 0.803. The Morgan fingerprint density at radius 1 is 1.25 bits per heavy atom. The standard InChI is InChI=1S/C17H23ClN2/c1-12(2)16(8-9-18)19-11-14-10-13(3)20-17-7-5-4-6-15(14)17/h4-7,10,12,16,19H,8-9,11H2,1-3H3. The number of aromatic nitrogens is 1. The lowest BCUT2D eigenvalue weighted by molar-refractivity contribution is 0.389. The normalized spacial score (nSPS) is 13.1. The Bertz CT molecular complexity index is 566. The molecule has 1 heterocycles. The molecule has 0 bridgehead atoms. The molecule has 1 unspecified atom stereocenters. The zero-order chi connectivity index (χ0) is 14.5. The molecular weight excluding hydrogens is 268 g/mol. The summed E-state index contributed by atoms with van der Waals surface area (Å²) in [7, 11) is 0. The average Bonchev–Trinajstić information content (AvgIpc) is 2.42. The largest absolute Gasteiger partial charge is 0.310 e. The molecule has 2 aromatic rings. The predicted octanol–water partition coefficient (Wildman–Crippen LogP) is 4.29. The van der Waals surface area contributed by atoms with Crippen LogP contribution >= 0.6 is 11.6 Å². The van der Waals surface area contributed by atoms with Gasteiger partial charge < -0.3 is 5.32 Å². The third-order valence-corrected chi connectivity index (χ3v) is 3.93. The van der Waals surface area contributed by atoms with E-state index in [1.807, 2.05) is 6.07 Å². The number of alkyl halides is 1. The van der Waals surface area contributed by atoms with Gasteiger partial charge in [0.1, 0.15) is 0 Å². The molecule has 0 aliphatic heterocycles. The molecule has 3 heteroatoms. The van der Waals surface area contributed by atoms with Crippen molar-refractivity contribution < 1.29 is 0 Å². The molecule has 0 radical (unpaired) electrons. The van der Waals surface area contributed by atoms with Crippen LogP contribution in [-0.4, -0.2) is 16.9 Å². The highest BCUT2D eigenvalue weighted by Gasteiger charge is 2.13. The molecule has 0 amide bonds. The number of hydrogen-bond acceptors (Lipinski definition) is 2. The van der Waals surface area contributed by atoms with Gasteiger partial charge in [-0.2, -0.15) is 0 Å². The number of aryl methyl sites for hydroxylation is 1. The molecule has 108 valence electrons. The first-order chi connectivity index (χ1) is 9.61. The first-order valence-corrected chi connectivity index (χ1v) is 7.80. The van der Waals surface area contributed by atoms with Crippen LogP contribution in [0.25, 0.3) is 10.9 Å². The van der Waals surface area contributed by atoms with E-state index in [2.05, 4.69) is 55.3 Å². The Kier molecular flexibility index (Phi) is 5.38. The maximum atomic E-state index is 5.89. The van der Waals surface area contributed by atoms with Crippen LogP contribution in [-0.2, 0) is 6.54 Å². The maximum absolute atomic E-state index is 5.89. The summed E-state index contributed by atoms with van der Waals surface area (Å²) in [5, 5.41) is 4.88. The molecule has 1 aromatic heterocycles. The Labute approximate surface area is 126 Å². The number of para-hydroxylation sites is 1. The summed E-state index contributed by atoms with van der Waals surface area (Å²) in [4.78, 5) is 4.59. The smallest absolute Gasteiger partial charge is 0.0708 e. The van der Waals surface area contributed by atoms with E-state index in [1.165, 1.54) is 10.9 Å². The fourth-order valence-corrected chi connectivity index (χ4v) is 2.81. The van der Waals surface area contributed by atoms with Crippen LogP contribution in [0.3, 0.4) is 0 Å². The van der Waals surface area contributed by atoms with Crippen molar-refractivity contribution in [2.24, 2.45) is 5.92 Å². The van der Waals surface area contributed by atoms with Crippen molar-refractivity contribution in [1.29, 1.82) is 0 Å². The van der Waals surface area contributed by atoms with Gasteiger partial charge in [0.2, 0.25) is 0 Å². The fourth-order valence-electron chi connectivity index (χ4n) is 2.57. The second-order valence-corrected chi connectivity index (χ2v) is 6.03. The first-order valence-electron chi connectivity index (χ1n) is 7.26. The molecule has 2 rings (SSSR count). The van der Waals surface area contributed by atoms with E-state index in [9.17, 15) is 0 Å². The Morgan fingerprint density at radius 2 is 2.00 bits per heavy atom. The summed E-state index contributed by atoms with van der Waals surface area (Å²) in [5.74, 6) is 1.29. The van der Waals surface area contributed by atoms with Crippen molar-refractivity contribution in [1.82, 2.24) is 10.3 Å². The highest BCUT2D eigenvalue weighted by atomic mass is 35.5. The van der Waals surface area contributed by atoms with Gasteiger partial charge in [0.15, 0.2) is 0 Å². The van der Waals surface area contributed by atoms with Crippen LogP contribution in [0, 0.1) is 12.8 Å². The Morgan fingerprint density at radius 3 is 2.70 bits per heavy atom. The van der Waals surface area contributed by atoms with E-state index in [0.717, 1.165) is 24.2 Å². The molecular formula is C17H23ClN2. The van der Waals surface area contributed by atoms with E-state index < -0.39 is 0 Å². The zero-order valence-electron chi connectivity index (χ0n) is 12.5. The molecule has 0 saturated carbocycles. The van der Waals surface area contributed by atoms with Gasteiger partial charge in [-0.1, -0.05) is 32.0 Å². The number of pyridine rings is 1. The van der Waals surface area contributed by atoms with Crippen LogP contribution in [0.4, 0.5) is 0 Å². The van der Waals surface area contributed by atoms with E-state index in [-0.39, 0.29) is 0 Å². The zero-order valence-corrected chi connectivity index (χ0v) is 13.2. The molecule has 1 atom stereocenters. The second kappa shape index (κ2) is 7.05. The molecule has 0 saturated heterocycles. The molecule has 0 spiro atoms. The predicted molar refractivity (Wildman–Crippen MR) is 87.3 cm³/mol. The van der Waals surface area contributed by atoms with E-state index in [4.69, 9.17) is 11.6 Å². The lowest BCUT2D eigenvalue weighted by Gasteiger charge is -2.22. The van der Waals surface area contributed by atoms with Gasteiger partial charge in [0.25, 0.3) is 0 Å². The highest BCUT2D eigenvalue weighted by molar-refractivity contribution is 6.17. The van der Waals surface area contributed by atoms with Crippen LogP contribution in [0.5, 0.6) is 0 Å². The lowest BCUT2D eigenvalue weighted by atomic mass is 10.0. The van der Waals surface area contributed by atoms with Crippen molar-refractivity contribution in [3.05, 3.63) is 41.6 Å². The second-order valence-electron chi connectivity index (χ2n) is 5.65. The van der Waals surface area contributed by atoms with Gasteiger partial charge in [-0.25, -0.2) is 0 Å². The topological polar surface area (TPSA) is 24.9 Å². The average molecular weight is 291 g/mol. The number of nitrogens with one attached hydrogen (secondary N) is 1. The molecule has 0 fully saturated rings. The number of halogens is 1. The Balaban J connectivity index is 2.20. The molecule has 1 aromatic carbocycles. The van der Waals surface area contributed by atoms with Crippen molar-refractivity contribution in [2.45, 2.75) is 39.8 Å². The van der Waals surface area contributed by atoms with Crippen LogP contribution in [0.15, 0.2) is 30.3 Å². The van der Waals surface area contributed by atoms with Gasteiger partial charge in [0.05, 0.1) is 5.52 Å². The molecule has 20 heavy (non-hydrogen) atoms. The fraction of sp³-hybridized carbons (Fsp3) is 0.471. The monoisotopic (exact) mass is 290 g/mol. The maximum Gasteiger partial charge on any atom is 0.0708 e. The van der Waals surface area contributed by atoms with E-state index in [1.54, 1.807) is 0 Å². The summed E-state index contributed by atoms with van der Waals surface area (Å²) in [6.07, 6.45) is 1.00.